The molecule has 2 fully saturated rings. The lowest BCUT2D eigenvalue weighted by molar-refractivity contribution is 0.00883. The van der Waals surface area contributed by atoms with Crippen LogP contribution in [0.15, 0.2) is 65.7 Å². The molecule has 0 radical (unpaired) electrons. The highest BCUT2D eigenvalue weighted by Crippen LogP contribution is 2.31. The summed E-state index contributed by atoms with van der Waals surface area (Å²) in [5, 5.41) is 3.36. The Labute approximate surface area is 196 Å². The van der Waals surface area contributed by atoms with Crippen LogP contribution in [-0.2, 0) is 24.2 Å². The number of aromatic nitrogens is 1. The third-order valence-electron chi connectivity index (χ3n) is 5.79. The number of hydrogen-bond donors (Lipinski definition) is 2. The lowest BCUT2D eigenvalue weighted by Crippen LogP contribution is -2.44. The number of fused-ring (bicyclic) bond motifs is 2. The van der Waals surface area contributed by atoms with E-state index in [9.17, 15) is 13.2 Å². The normalized spacial score (nSPS) is 24.0. The number of amides is 1. The van der Waals surface area contributed by atoms with Gasteiger partial charge in [0.05, 0.1) is 31.9 Å². The first-order valence-electron chi connectivity index (χ1n) is 10.7. The lowest BCUT2D eigenvalue weighted by Gasteiger charge is -2.18. The Hall–Kier alpha value is -3.25. The molecule has 3 heterocycles. The minimum absolute atomic E-state index is 0.0821. The van der Waals surface area contributed by atoms with E-state index in [2.05, 4.69) is 15.0 Å². The molecule has 178 valence electrons. The Kier molecular flexibility index (Phi) is 6.09. The summed E-state index contributed by atoms with van der Waals surface area (Å²) in [5.74, 6) is 0.665. The standard InChI is InChI=1S/C23H23N3O7S/c1-30-16-9-7-15(8-10-16)25-23(27)33-18-13-32-21-17(12-31-22(18)21)26-34(28,29)19-6-2-4-14-5-3-11-24-20(14)19/h2-11,17-18,21-22,26H,12-13H2,1H3,(H,25,27)/t17-,18-,21-,22+/m0/s1. The van der Waals surface area contributed by atoms with Crippen molar-refractivity contribution in [2.45, 2.75) is 29.2 Å². The second-order valence-electron chi connectivity index (χ2n) is 7.95. The van der Waals surface area contributed by atoms with E-state index in [1.807, 2.05) is 0 Å². The summed E-state index contributed by atoms with van der Waals surface area (Å²) in [6.07, 6.45) is -0.947. The van der Waals surface area contributed by atoms with E-state index in [-0.39, 0.29) is 18.1 Å². The van der Waals surface area contributed by atoms with Crippen LogP contribution in [0.25, 0.3) is 10.9 Å². The number of carbonyl (C=O) groups excluding carboxylic acids is 1. The molecule has 1 aromatic heterocycles. The fourth-order valence-electron chi connectivity index (χ4n) is 4.18. The van der Waals surface area contributed by atoms with Crippen LogP contribution in [-0.4, -0.2) is 64.2 Å². The van der Waals surface area contributed by atoms with Gasteiger partial charge in [-0.25, -0.2) is 17.9 Å². The molecule has 0 spiro atoms. The van der Waals surface area contributed by atoms with Gasteiger partial charge in [0.25, 0.3) is 0 Å². The van der Waals surface area contributed by atoms with Crippen LogP contribution in [0, 0.1) is 0 Å². The molecule has 2 N–H and O–H groups in total. The summed E-state index contributed by atoms with van der Waals surface area (Å²) >= 11 is 0. The molecule has 0 unspecified atom stereocenters. The summed E-state index contributed by atoms with van der Waals surface area (Å²) in [6, 6.07) is 14.7. The number of nitrogens with one attached hydrogen (secondary N) is 2. The van der Waals surface area contributed by atoms with Gasteiger partial charge in [-0.2, -0.15) is 0 Å². The summed E-state index contributed by atoms with van der Waals surface area (Å²) in [5.41, 5.74) is 0.930. The van der Waals surface area contributed by atoms with Gasteiger partial charge in [-0.15, -0.1) is 0 Å². The van der Waals surface area contributed by atoms with Gasteiger partial charge in [0.2, 0.25) is 10.0 Å². The second kappa shape index (κ2) is 9.18. The topological polar surface area (TPSA) is 125 Å². The molecule has 0 aliphatic carbocycles. The molecular formula is C23H23N3O7S. The number of nitrogens with zero attached hydrogens (tertiary/aromatic N) is 1. The first kappa shape index (κ1) is 22.5. The Bertz CT molecular complexity index is 1290. The third kappa shape index (κ3) is 4.42. The number of ether oxygens (including phenoxy) is 4. The van der Waals surface area contributed by atoms with Crippen molar-refractivity contribution in [3.63, 3.8) is 0 Å². The summed E-state index contributed by atoms with van der Waals surface area (Å²) in [7, 11) is -2.34. The molecule has 0 bridgehead atoms. The van der Waals surface area contributed by atoms with E-state index in [1.165, 1.54) is 6.07 Å². The molecule has 5 rings (SSSR count). The predicted molar refractivity (Wildman–Crippen MR) is 122 cm³/mol. The summed E-state index contributed by atoms with van der Waals surface area (Å²) in [4.78, 5) is 16.6. The quantitative estimate of drug-likeness (QED) is 0.545. The molecule has 2 aromatic carbocycles. The molecule has 2 aliphatic rings. The van der Waals surface area contributed by atoms with Crippen LogP contribution in [0.1, 0.15) is 0 Å². The van der Waals surface area contributed by atoms with Crippen molar-refractivity contribution in [2.24, 2.45) is 0 Å². The number of para-hydroxylation sites is 1. The molecule has 11 heteroatoms. The number of anilines is 1. The van der Waals surface area contributed by atoms with Crippen LogP contribution in [0.3, 0.4) is 0 Å². The van der Waals surface area contributed by atoms with E-state index in [0.717, 1.165) is 5.39 Å². The Morgan fingerprint density at radius 2 is 1.79 bits per heavy atom. The lowest BCUT2D eigenvalue weighted by atomic mass is 10.1. The van der Waals surface area contributed by atoms with Crippen LogP contribution in [0.4, 0.5) is 10.5 Å². The molecule has 4 atom stereocenters. The SMILES string of the molecule is COc1ccc(NC(=O)O[C@H]2CO[C@@H]3[C@@H]2OC[C@@H]3NS(=O)(=O)c2cccc3cccnc23)cc1. The van der Waals surface area contributed by atoms with Gasteiger partial charge in [0, 0.05) is 17.3 Å². The van der Waals surface area contributed by atoms with Crippen molar-refractivity contribution in [3.8, 4) is 5.75 Å². The highest BCUT2D eigenvalue weighted by Gasteiger charge is 2.50. The predicted octanol–water partition coefficient (Wildman–Crippen LogP) is 2.31. The number of benzene rings is 2. The molecular weight excluding hydrogens is 462 g/mol. The molecule has 2 saturated heterocycles. The number of rotatable bonds is 6. The van der Waals surface area contributed by atoms with Crippen LogP contribution in [0.2, 0.25) is 0 Å². The monoisotopic (exact) mass is 485 g/mol. The minimum atomic E-state index is -3.90. The zero-order chi connectivity index (χ0) is 23.7. The van der Waals surface area contributed by atoms with E-state index >= 15 is 0 Å². The van der Waals surface area contributed by atoms with E-state index in [4.69, 9.17) is 18.9 Å². The first-order valence-corrected chi connectivity index (χ1v) is 12.1. The molecule has 10 nitrogen and oxygen atoms in total. The van der Waals surface area contributed by atoms with Crippen LogP contribution < -0.4 is 14.8 Å². The Morgan fingerprint density at radius 1 is 1.03 bits per heavy atom. The zero-order valence-corrected chi connectivity index (χ0v) is 19.0. The fraction of sp³-hybridized carbons (Fsp3) is 0.304. The zero-order valence-electron chi connectivity index (χ0n) is 18.2. The number of carbonyl (C=O) groups is 1. The van der Waals surface area contributed by atoms with Crippen molar-refractivity contribution >= 4 is 32.7 Å². The van der Waals surface area contributed by atoms with Crippen LogP contribution >= 0.6 is 0 Å². The fourth-order valence-corrected chi connectivity index (χ4v) is 5.59. The van der Waals surface area contributed by atoms with Crippen molar-refractivity contribution in [2.75, 3.05) is 25.6 Å². The van der Waals surface area contributed by atoms with Gasteiger partial charge in [0.15, 0.2) is 6.10 Å². The van der Waals surface area contributed by atoms with Crippen molar-refractivity contribution in [1.82, 2.24) is 9.71 Å². The smallest absolute Gasteiger partial charge is 0.412 e. The van der Waals surface area contributed by atoms with Gasteiger partial charge in [0.1, 0.15) is 22.9 Å². The molecule has 34 heavy (non-hydrogen) atoms. The minimum Gasteiger partial charge on any atom is -0.497 e. The van der Waals surface area contributed by atoms with E-state index in [1.54, 1.807) is 61.8 Å². The Balaban J connectivity index is 1.23. The Morgan fingerprint density at radius 3 is 2.59 bits per heavy atom. The number of pyridine rings is 1. The average molecular weight is 486 g/mol. The number of sulfonamides is 1. The maximum Gasteiger partial charge on any atom is 0.412 e. The van der Waals surface area contributed by atoms with Crippen molar-refractivity contribution in [3.05, 3.63) is 60.8 Å². The molecule has 0 saturated carbocycles. The van der Waals surface area contributed by atoms with E-state index < -0.39 is 40.5 Å². The highest BCUT2D eigenvalue weighted by molar-refractivity contribution is 7.89. The summed E-state index contributed by atoms with van der Waals surface area (Å²) < 4.78 is 51.0. The highest BCUT2D eigenvalue weighted by atomic mass is 32.2. The largest absolute Gasteiger partial charge is 0.497 e. The van der Waals surface area contributed by atoms with Gasteiger partial charge in [-0.3, -0.25) is 10.3 Å². The first-order chi connectivity index (χ1) is 16.4. The van der Waals surface area contributed by atoms with Gasteiger partial charge >= 0.3 is 6.09 Å². The molecule has 2 aliphatic heterocycles. The van der Waals surface area contributed by atoms with Gasteiger partial charge in [-0.05, 0) is 36.4 Å². The maximum atomic E-state index is 13.1. The second-order valence-corrected chi connectivity index (χ2v) is 9.63. The third-order valence-corrected chi connectivity index (χ3v) is 7.32. The average Bonchev–Trinajstić information content (AvgIpc) is 3.42. The van der Waals surface area contributed by atoms with Crippen molar-refractivity contribution in [1.29, 1.82) is 0 Å². The number of hydrogen-bond acceptors (Lipinski definition) is 8. The molecule has 3 aromatic rings. The summed E-state index contributed by atoms with van der Waals surface area (Å²) in [6.45, 7) is 0.187. The van der Waals surface area contributed by atoms with E-state index in [0.29, 0.717) is 17.0 Å². The van der Waals surface area contributed by atoms with Crippen LogP contribution in [0.5, 0.6) is 5.75 Å². The van der Waals surface area contributed by atoms with Gasteiger partial charge < -0.3 is 18.9 Å². The van der Waals surface area contributed by atoms with Crippen molar-refractivity contribution < 1.29 is 32.2 Å². The maximum absolute atomic E-state index is 13.1. The molecule has 1 amide bonds. The number of methoxy groups -OCH3 is 1. The van der Waals surface area contributed by atoms with Gasteiger partial charge in [-0.1, -0.05) is 18.2 Å².